The van der Waals surface area contributed by atoms with Crippen LogP contribution >= 0.6 is 15.9 Å². The predicted molar refractivity (Wildman–Crippen MR) is 79.6 cm³/mol. The molecule has 6 heteroatoms. The van der Waals surface area contributed by atoms with Gasteiger partial charge in [0.2, 0.25) is 6.10 Å². The molecule has 1 N–H and O–H groups in total. The summed E-state index contributed by atoms with van der Waals surface area (Å²) in [5.74, 6) is -0.164. The molecule has 0 radical (unpaired) electrons. The first-order chi connectivity index (χ1) is 9.60. The molecule has 0 spiro atoms. The normalized spacial score (nSPS) is 19.1. The second-order valence-electron chi connectivity index (χ2n) is 4.71. The van der Waals surface area contributed by atoms with E-state index >= 15 is 0 Å². The number of nitrogens with one attached hydrogen (secondary N) is 1. The number of rotatable bonds is 5. The summed E-state index contributed by atoms with van der Waals surface area (Å²) < 4.78 is 5.95. The second-order valence-corrected chi connectivity index (χ2v) is 5.63. The summed E-state index contributed by atoms with van der Waals surface area (Å²) in [7, 11) is 1.60. The van der Waals surface area contributed by atoms with E-state index in [1.54, 1.807) is 7.11 Å². The molecule has 0 saturated carbocycles. The molecule has 1 aromatic rings. The average molecular weight is 341 g/mol. The monoisotopic (exact) mass is 340 g/mol. The third kappa shape index (κ3) is 3.80. The van der Waals surface area contributed by atoms with Gasteiger partial charge in [0.05, 0.1) is 12.3 Å². The Bertz CT molecular complexity index is 519. The van der Waals surface area contributed by atoms with Gasteiger partial charge in [0, 0.05) is 29.6 Å². The lowest BCUT2D eigenvalue weighted by Gasteiger charge is -2.15. The number of halogens is 1. The Hall–Kier alpha value is -1.40. The van der Waals surface area contributed by atoms with E-state index in [-0.39, 0.29) is 11.9 Å². The fraction of sp³-hybridized carbons (Fsp3) is 0.429. The van der Waals surface area contributed by atoms with Gasteiger partial charge in [-0.1, -0.05) is 33.2 Å². The molecule has 2 rings (SSSR count). The van der Waals surface area contributed by atoms with Gasteiger partial charge in [0.1, 0.15) is 0 Å². The summed E-state index contributed by atoms with van der Waals surface area (Å²) in [6, 6.07) is 7.72. The van der Waals surface area contributed by atoms with Gasteiger partial charge in [-0.2, -0.15) is 0 Å². The van der Waals surface area contributed by atoms with Gasteiger partial charge in [-0.25, -0.2) is 0 Å². The fourth-order valence-corrected chi connectivity index (χ4v) is 2.38. The van der Waals surface area contributed by atoms with Gasteiger partial charge in [0.25, 0.3) is 5.91 Å². The quantitative estimate of drug-likeness (QED) is 0.892. The molecular formula is C14H17BrN2O3. The van der Waals surface area contributed by atoms with Crippen LogP contribution < -0.4 is 5.32 Å². The summed E-state index contributed by atoms with van der Waals surface area (Å²) in [6.45, 7) is 2.35. The van der Waals surface area contributed by atoms with Crippen LogP contribution in [-0.2, 0) is 14.4 Å². The molecule has 0 fully saturated rings. The number of ether oxygens (including phenoxy) is 1. The Morgan fingerprint density at radius 1 is 1.65 bits per heavy atom. The highest BCUT2D eigenvalue weighted by Crippen LogP contribution is 2.19. The number of hydrogen-bond donors (Lipinski definition) is 1. The van der Waals surface area contributed by atoms with E-state index in [0.717, 1.165) is 15.7 Å². The van der Waals surface area contributed by atoms with Crippen LogP contribution in [0.4, 0.5) is 0 Å². The molecule has 20 heavy (non-hydrogen) atoms. The first-order valence-corrected chi connectivity index (χ1v) is 7.17. The maximum absolute atomic E-state index is 12.0. The summed E-state index contributed by atoms with van der Waals surface area (Å²) in [5, 5.41) is 6.84. The predicted octanol–water partition coefficient (Wildman–Crippen LogP) is 2.09. The number of amides is 1. The van der Waals surface area contributed by atoms with Gasteiger partial charge in [-0.3, -0.25) is 4.79 Å². The zero-order valence-corrected chi connectivity index (χ0v) is 13.0. The third-order valence-corrected chi connectivity index (χ3v) is 3.42. The number of benzene rings is 1. The van der Waals surface area contributed by atoms with Crippen LogP contribution in [-0.4, -0.2) is 37.5 Å². The largest absolute Gasteiger partial charge is 0.383 e. The summed E-state index contributed by atoms with van der Waals surface area (Å²) in [6.07, 6.45) is -0.0922. The zero-order chi connectivity index (χ0) is 14.5. The van der Waals surface area contributed by atoms with Crippen molar-refractivity contribution in [3.8, 4) is 0 Å². The number of oxime groups is 1. The molecule has 1 aromatic carbocycles. The van der Waals surface area contributed by atoms with Crippen molar-refractivity contribution < 1.29 is 14.4 Å². The average Bonchev–Trinajstić information content (AvgIpc) is 2.88. The molecule has 0 saturated heterocycles. The third-order valence-electron chi connectivity index (χ3n) is 2.92. The minimum absolute atomic E-state index is 0.0500. The van der Waals surface area contributed by atoms with Crippen LogP contribution in [0.15, 0.2) is 33.9 Å². The highest BCUT2D eigenvalue weighted by atomic mass is 79.9. The summed E-state index contributed by atoms with van der Waals surface area (Å²) in [4.78, 5) is 17.2. The van der Waals surface area contributed by atoms with E-state index in [4.69, 9.17) is 9.57 Å². The molecule has 2 atom stereocenters. The molecule has 1 amide bonds. The van der Waals surface area contributed by atoms with Crippen molar-refractivity contribution in [3.05, 3.63) is 34.3 Å². The number of methoxy groups -OCH3 is 1. The summed E-state index contributed by atoms with van der Waals surface area (Å²) in [5.41, 5.74) is 1.74. The first kappa shape index (κ1) is 15.0. The molecule has 5 nitrogen and oxygen atoms in total. The molecule has 108 valence electrons. The number of hydrogen-bond acceptors (Lipinski definition) is 4. The van der Waals surface area contributed by atoms with Crippen molar-refractivity contribution in [1.82, 2.24) is 5.32 Å². The number of carbonyl (C=O) groups excluding carboxylic acids is 1. The topological polar surface area (TPSA) is 59.9 Å². The van der Waals surface area contributed by atoms with Crippen LogP contribution in [0.1, 0.15) is 18.9 Å². The van der Waals surface area contributed by atoms with Crippen molar-refractivity contribution in [2.45, 2.75) is 25.5 Å². The van der Waals surface area contributed by atoms with Gasteiger partial charge in [-0.05, 0) is 19.1 Å². The van der Waals surface area contributed by atoms with Gasteiger partial charge >= 0.3 is 0 Å². The maximum atomic E-state index is 12.0. The molecule has 1 heterocycles. The number of nitrogens with zero attached hydrogens (tertiary/aromatic N) is 1. The highest BCUT2D eigenvalue weighted by Gasteiger charge is 2.29. The van der Waals surface area contributed by atoms with Crippen molar-refractivity contribution in [2.75, 3.05) is 13.7 Å². The lowest BCUT2D eigenvalue weighted by atomic mass is 10.0. The fourth-order valence-electron chi connectivity index (χ4n) is 1.98. The zero-order valence-electron chi connectivity index (χ0n) is 11.4. The van der Waals surface area contributed by atoms with Gasteiger partial charge in [0.15, 0.2) is 0 Å². The lowest BCUT2D eigenvalue weighted by Crippen LogP contribution is -2.42. The molecule has 0 aromatic heterocycles. The Morgan fingerprint density at radius 3 is 3.15 bits per heavy atom. The summed E-state index contributed by atoms with van der Waals surface area (Å²) >= 11 is 3.41. The minimum atomic E-state index is -0.566. The smallest absolute Gasteiger partial charge is 0.264 e. The van der Waals surface area contributed by atoms with Crippen LogP contribution in [0.3, 0.4) is 0 Å². The molecule has 1 aliphatic rings. The van der Waals surface area contributed by atoms with Crippen molar-refractivity contribution in [2.24, 2.45) is 5.16 Å². The minimum Gasteiger partial charge on any atom is -0.383 e. The van der Waals surface area contributed by atoms with E-state index in [1.807, 2.05) is 31.2 Å². The van der Waals surface area contributed by atoms with E-state index in [2.05, 4.69) is 26.4 Å². The van der Waals surface area contributed by atoms with Crippen LogP contribution in [0.5, 0.6) is 0 Å². The van der Waals surface area contributed by atoms with E-state index in [0.29, 0.717) is 13.0 Å². The Labute approximate surface area is 126 Å². The van der Waals surface area contributed by atoms with Gasteiger partial charge in [-0.15, -0.1) is 0 Å². The van der Waals surface area contributed by atoms with E-state index in [1.165, 1.54) is 0 Å². The molecule has 0 unspecified atom stereocenters. The lowest BCUT2D eigenvalue weighted by molar-refractivity contribution is -0.132. The van der Waals surface area contributed by atoms with Crippen LogP contribution in [0.25, 0.3) is 0 Å². The molecule has 0 bridgehead atoms. The molecule has 1 aliphatic heterocycles. The Kier molecular flexibility index (Phi) is 5.14. The Morgan fingerprint density at radius 2 is 2.45 bits per heavy atom. The van der Waals surface area contributed by atoms with Crippen molar-refractivity contribution in [1.29, 1.82) is 0 Å². The van der Waals surface area contributed by atoms with E-state index < -0.39 is 6.10 Å². The molecule has 0 aliphatic carbocycles. The van der Waals surface area contributed by atoms with Crippen LogP contribution in [0, 0.1) is 0 Å². The van der Waals surface area contributed by atoms with E-state index in [9.17, 15) is 4.79 Å². The number of carbonyl (C=O) groups is 1. The van der Waals surface area contributed by atoms with Crippen LogP contribution in [0.2, 0.25) is 0 Å². The SMILES string of the molecule is COC[C@@H](C)NC(=O)[C@H]1CC(c2cccc(Br)c2)=NO1. The highest BCUT2D eigenvalue weighted by molar-refractivity contribution is 9.10. The first-order valence-electron chi connectivity index (χ1n) is 6.38. The van der Waals surface area contributed by atoms with Crippen molar-refractivity contribution >= 4 is 27.5 Å². The van der Waals surface area contributed by atoms with Gasteiger partial charge < -0.3 is 14.9 Å². The Balaban J connectivity index is 1.93. The maximum Gasteiger partial charge on any atom is 0.264 e. The standard InChI is InChI=1S/C14H17BrN2O3/c1-9(8-19-2)16-14(18)13-7-12(17-20-13)10-4-3-5-11(15)6-10/h3-6,9,13H,7-8H2,1-2H3,(H,16,18)/t9-,13-/m1/s1. The second kappa shape index (κ2) is 6.85. The van der Waals surface area contributed by atoms with Crippen molar-refractivity contribution in [3.63, 3.8) is 0 Å². The molecular weight excluding hydrogens is 324 g/mol.